The number of halogens is 3. The van der Waals surface area contributed by atoms with Gasteiger partial charge in [0.05, 0.1) is 37.7 Å². The lowest BCUT2D eigenvalue weighted by atomic mass is 10.1. The number of benzene rings is 3. The summed E-state index contributed by atoms with van der Waals surface area (Å²) < 4.78 is 11.2. The summed E-state index contributed by atoms with van der Waals surface area (Å²) in [7, 11) is 1.46. The third-order valence-corrected chi connectivity index (χ3v) is 6.86. The second-order valence-electron chi connectivity index (χ2n) is 7.30. The lowest BCUT2D eigenvalue weighted by Crippen LogP contribution is -2.19. The van der Waals surface area contributed by atoms with E-state index < -0.39 is 4.92 Å². The number of hydrogen-bond donors (Lipinski definition) is 1. The van der Waals surface area contributed by atoms with Crippen molar-refractivity contribution < 1.29 is 19.2 Å². The van der Waals surface area contributed by atoms with E-state index in [1.165, 1.54) is 19.2 Å². The van der Waals surface area contributed by atoms with E-state index in [9.17, 15) is 14.9 Å². The summed E-state index contributed by atoms with van der Waals surface area (Å²) in [5.74, 6) is 0.273. The Hall–Kier alpha value is -3.24. The van der Waals surface area contributed by atoms with Gasteiger partial charge < -0.3 is 14.8 Å². The lowest BCUT2D eigenvalue weighted by Gasteiger charge is -2.13. The standard InChI is InChI=1S/C24H16Cl3N3O5S/c1-34-19-10-14(9-17(26)22(19)35-12-13-4-2-5-15(8-13)30(32)33)11-20-23(31)29-24(36-20)28-18-7-3-6-16(25)21(18)27/h2-11H,12H2,1H3,(H,28,29,31)/b20-11+. The van der Waals surface area contributed by atoms with Crippen molar-refractivity contribution in [2.45, 2.75) is 6.61 Å². The highest BCUT2D eigenvalue weighted by atomic mass is 35.5. The van der Waals surface area contributed by atoms with Crippen LogP contribution in [0.4, 0.5) is 11.4 Å². The number of nitro groups is 1. The average Bonchev–Trinajstić information content (AvgIpc) is 3.19. The van der Waals surface area contributed by atoms with Crippen molar-refractivity contribution in [2.75, 3.05) is 7.11 Å². The number of nitrogens with one attached hydrogen (secondary N) is 1. The van der Waals surface area contributed by atoms with Gasteiger partial charge in [-0.1, -0.05) is 53.0 Å². The molecular weight excluding hydrogens is 549 g/mol. The van der Waals surface area contributed by atoms with Crippen LogP contribution in [0.15, 0.2) is 64.5 Å². The number of non-ortho nitro benzene ring substituents is 1. The number of amidine groups is 1. The van der Waals surface area contributed by atoms with Crippen LogP contribution in [0.25, 0.3) is 6.08 Å². The third kappa shape index (κ3) is 5.93. The Morgan fingerprint density at radius 2 is 1.89 bits per heavy atom. The summed E-state index contributed by atoms with van der Waals surface area (Å²) in [6.07, 6.45) is 1.64. The molecule has 1 amide bonds. The number of nitro benzene ring substituents is 1. The number of thioether (sulfide) groups is 1. The first-order valence-electron chi connectivity index (χ1n) is 10.2. The maximum Gasteiger partial charge on any atom is 0.269 e. The highest BCUT2D eigenvalue weighted by molar-refractivity contribution is 8.18. The Morgan fingerprint density at radius 3 is 2.64 bits per heavy atom. The van der Waals surface area contributed by atoms with Crippen molar-refractivity contribution in [3.05, 3.63) is 95.8 Å². The number of carbonyl (C=O) groups is 1. The largest absolute Gasteiger partial charge is 0.493 e. The maximum atomic E-state index is 12.5. The first-order valence-corrected chi connectivity index (χ1v) is 12.2. The van der Waals surface area contributed by atoms with E-state index in [-0.39, 0.29) is 34.0 Å². The molecule has 4 rings (SSSR count). The minimum absolute atomic E-state index is 0.0379. The van der Waals surface area contributed by atoms with Gasteiger partial charge in [0, 0.05) is 12.1 Å². The molecule has 1 heterocycles. The van der Waals surface area contributed by atoms with Crippen LogP contribution >= 0.6 is 46.6 Å². The Kier molecular flexibility index (Phi) is 8.05. The number of aliphatic imine (C=N–C) groups is 1. The SMILES string of the molecule is COc1cc(/C=C2/SC(=Nc3cccc(Cl)c3Cl)NC2=O)cc(Cl)c1OCc1cccc([N+](=O)[O-])c1. The summed E-state index contributed by atoms with van der Waals surface area (Å²) in [5, 5.41) is 14.9. The van der Waals surface area contributed by atoms with Gasteiger partial charge in [0.2, 0.25) is 0 Å². The number of carbonyl (C=O) groups excluding carboxylic acids is 1. The Balaban J connectivity index is 1.54. The van der Waals surface area contributed by atoms with Crippen molar-refractivity contribution >= 4 is 75.1 Å². The average molecular weight is 565 g/mol. The van der Waals surface area contributed by atoms with Crippen molar-refractivity contribution in [2.24, 2.45) is 4.99 Å². The van der Waals surface area contributed by atoms with E-state index in [0.29, 0.717) is 37.7 Å². The molecule has 184 valence electrons. The number of rotatable bonds is 7. The Labute approximate surface area is 225 Å². The molecule has 0 radical (unpaired) electrons. The molecule has 0 unspecified atom stereocenters. The van der Waals surface area contributed by atoms with Crippen molar-refractivity contribution in [1.29, 1.82) is 0 Å². The van der Waals surface area contributed by atoms with E-state index in [0.717, 1.165) is 11.8 Å². The number of ether oxygens (including phenoxy) is 2. The quantitative estimate of drug-likeness (QED) is 0.188. The van der Waals surface area contributed by atoms with E-state index in [2.05, 4.69) is 10.3 Å². The minimum atomic E-state index is -0.476. The topological polar surface area (TPSA) is 103 Å². The Morgan fingerprint density at radius 1 is 1.11 bits per heavy atom. The molecule has 0 saturated carbocycles. The fourth-order valence-corrected chi connectivity index (χ4v) is 4.64. The molecule has 3 aromatic rings. The van der Waals surface area contributed by atoms with Gasteiger partial charge >= 0.3 is 0 Å². The van der Waals surface area contributed by atoms with E-state index in [1.807, 2.05) is 0 Å². The van der Waals surface area contributed by atoms with Crippen LogP contribution in [-0.4, -0.2) is 23.1 Å². The molecule has 36 heavy (non-hydrogen) atoms. The fourth-order valence-electron chi connectivity index (χ4n) is 3.20. The molecular formula is C24H16Cl3N3O5S. The van der Waals surface area contributed by atoms with E-state index >= 15 is 0 Å². The molecule has 8 nitrogen and oxygen atoms in total. The minimum Gasteiger partial charge on any atom is -0.493 e. The normalized spacial score (nSPS) is 15.3. The molecule has 0 aromatic heterocycles. The highest BCUT2D eigenvalue weighted by Crippen LogP contribution is 2.39. The van der Waals surface area contributed by atoms with Crippen LogP contribution in [0.5, 0.6) is 11.5 Å². The van der Waals surface area contributed by atoms with Crippen LogP contribution in [0, 0.1) is 10.1 Å². The second-order valence-corrected chi connectivity index (χ2v) is 9.53. The molecule has 0 bridgehead atoms. The van der Waals surface area contributed by atoms with Crippen molar-refractivity contribution in [3.8, 4) is 11.5 Å². The molecule has 0 aliphatic carbocycles. The van der Waals surface area contributed by atoms with Crippen molar-refractivity contribution in [3.63, 3.8) is 0 Å². The van der Waals surface area contributed by atoms with Crippen LogP contribution < -0.4 is 14.8 Å². The molecule has 1 aliphatic heterocycles. The monoisotopic (exact) mass is 563 g/mol. The number of hydrogen-bond acceptors (Lipinski definition) is 7. The fraction of sp³-hybridized carbons (Fsp3) is 0.0833. The molecule has 1 fully saturated rings. The maximum absolute atomic E-state index is 12.5. The van der Waals surface area contributed by atoms with Crippen LogP contribution in [0.1, 0.15) is 11.1 Å². The predicted molar refractivity (Wildman–Crippen MR) is 143 cm³/mol. The lowest BCUT2D eigenvalue weighted by molar-refractivity contribution is -0.384. The van der Waals surface area contributed by atoms with Crippen LogP contribution in [0.2, 0.25) is 15.1 Å². The molecule has 1 aliphatic rings. The summed E-state index contributed by atoms with van der Waals surface area (Å²) in [5.41, 5.74) is 1.59. The van der Waals surface area contributed by atoms with Crippen molar-refractivity contribution in [1.82, 2.24) is 5.32 Å². The van der Waals surface area contributed by atoms with Gasteiger partial charge in [-0.05, 0) is 53.2 Å². The molecule has 0 atom stereocenters. The summed E-state index contributed by atoms with van der Waals surface area (Å²) in [6.45, 7) is 0.0440. The second kappa shape index (κ2) is 11.2. The summed E-state index contributed by atoms with van der Waals surface area (Å²) in [4.78, 5) is 27.8. The molecule has 3 aromatic carbocycles. The van der Waals surface area contributed by atoms with Gasteiger partial charge in [-0.25, -0.2) is 4.99 Å². The number of nitrogens with zero attached hydrogens (tertiary/aromatic N) is 2. The summed E-state index contributed by atoms with van der Waals surface area (Å²) >= 11 is 19.8. The van der Waals surface area contributed by atoms with Gasteiger partial charge in [-0.15, -0.1) is 0 Å². The van der Waals surface area contributed by atoms with E-state index in [4.69, 9.17) is 44.3 Å². The zero-order chi connectivity index (χ0) is 25.8. The van der Waals surface area contributed by atoms with Gasteiger partial charge in [0.1, 0.15) is 6.61 Å². The third-order valence-electron chi connectivity index (χ3n) is 4.86. The zero-order valence-corrected chi connectivity index (χ0v) is 21.5. The number of methoxy groups -OCH3 is 1. The predicted octanol–water partition coefficient (Wildman–Crippen LogP) is 7.03. The molecule has 1 N–H and O–H groups in total. The van der Waals surface area contributed by atoms with Gasteiger partial charge in [0.25, 0.3) is 11.6 Å². The van der Waals surface area contributed by atoms with Gasteiger partial charge in [-0.3, -0.25) is 14.9 Å². The van der Waals surface area contributed by atoms with Crippen LogP contribution in [-0.2, 0) is 11.4 Å². The molecule has 1 saturated heterocycles. The van der Waals surface area contributed by atoms with E-state index in [1.54, 1.807) is 48.5 Å². The van der Waals surface area contributed by atoms with Gasteiger partial charge in [-0.2, -0.15) is 0 Å². The zero-order valence-electron chi connectivity index (χ0n) is 18.5. The smallest absolute Gasteiger partial charge is 0.269 e. The van der Waals surface area contributed by atoms with Gasteiger partial charge in [0.15, 0.2) is 16.7 Å². The Bertz CT molecular complexity index is 1430. The number of amides is 1. The molecule has 12 heteroatoms. The summed E-state index contributed by atoms with van der Waals surface area (Å²) in [6, 6.07) is 14.4. The van der Waals surface area contributed by atoms with Crippen LogP contribution in [0.3, 0.4) is 0 Å². The first kappa shape index (κ1) is 25.8. The molecule has 0 spiro atoms. The highest BCUT2D eigenvalue weighted by Gasteiger charge is 2.25. The first-order chi connectivity index (χ1) is 17.2.